The smallest absolute Gasteiger partial charge is 0.122 e. The van der Waals surface area contributed by atoms with E-state index >= 15 is 0 Å². The average Bonchev–Trinajstić information content (AvgIpc) is 2.92. The summed E-state index contributed by atoms with van der Waals surface area (Å²) in [6.07, 6.45) is 6.69. The maximum atomic E-state index is 5.14. The van der Waals surface area contributed by atoms with Crippen LogP contribution in [0.1, 0.15) is 24.0 Å². The molecule has 0 N–H and O–H groups in total. The van der Waals surface area contributed by atoms with Crippen LogP contribution in [0.3, 0.4) is 0 Å². The molecule has 0 aromatic carbocycles. The molecule has 120 valence electrons. The van der Waals surface area contributed by atoms with E-state index in [1.165, 1.54) is 5.56 Å². The summed E-state index contributed by atoms with van der Waals surface area (Å²) in [6.45, 7) is 6.70. The van der Waals surface area contributed by atoms with Gasteiger partial charge in [0.05, 0.1) is 13.2 Å². The Hall–Kier alpha value is -1.72. The molecule has 1 atom stereocenters. The molecule has 0 bridgehead atoms. The first-order chi connectivity index (χ1) is 10.6. The molecule has 2 heterocycles. The monoisotopic (exact) mass is 302 g/mol. The van der Waals surface area contributed by atoms with Gasteiger partial charge in [-0.1, -0.05) is 0 Å². The third kappa shape index (κ3) is 4.64. The van der Waals surface area contributed by atoms with Gasteiger partial charge in [0.1, 0.15) is 5.82 Å². The molecule has 0 aliphatic rings. The standard InChI is InChI=1S/C17H26N4O/c1-14-5-6-18-16(11-14)12-15(2)20(3)13-17-19-7-8-21(17)9-10-22-4/h5-8,11,15H,9-10,12-13H2,1-4H3. The summed E-state index contributed by atoms with van der Waals surface area (Å²) in [7, 11) is 3.86. The van der Waals surface area contributed by atoms with Crippen LogP contribution in [0.5, 0.6) is 0 Å². The quantitative estimate of drug-likeness (QED) is 0.750. The maximum absolute atomic E-state index is 5.14. The molecule has 0 fully saturated rings. The van der Waals surface area contributed by atoms with E-state index in [0.29, 0.717) is 12.6 Å². The van der Waals surface area contributed by atoms with Gasteiger partial charge in [-0.3, -0.25) is 9.88 Å². The maximum Gasteiger partial charge on any atom is 0.122 e. The number of ether oxygens (including phenoxy) is 1. The van der Waals surface area contributed by atoms with Gasteiger partial charge in [-0.15, -0.1) is 0 Å². The van der Waals surface area contributed by atoms with Crippen LogP contribution in [-0.2, 0) is 24.2 Å². The molecule has 0 saturated heterocycles. The number of nitrogens with zero attached hydrogens (tertiary/aromatic N) is 4. The fraction of sp³-hybridized carbons (Fsp3) is 0.529. The predicted octanol–water partition coefficient (Wildman–Crippen LogP) is 2.30. The molecule has 5 heteroatoms. The van der Waals surface area contributed by atoms with Gasteiger partial charge in [0.2, 0.25) is 0 Å². The summed E-state index contributed by atoms with van der Waals surface area (Å²) in [5.41, 5.74) is 2.40. The molecule has 2 aromatic rings. The molecule has 0 saturated carbocycles. The van der Waals surface area contributed by atoms with Gasteiger partial charge in [-0.2, -0.15) is 0 Å². The van der Waals surface area contributed by atoms with Crippen molar-refractivity contribution < 1.29 is 4.74 Å². The third-order valence-corrected chi connectivity index (χ3v) is 3.96. The first-order valence-electron chi connectivity index (χ1n) is 7.71. The Morgan fingerprint density at radius 1 is 1.32 bits per heavy atom. The number of hydrogen-bond donors (Lipinski definition) is 0. The second kappa shape index (κ2) is 8.06. The summed E-state index contributed by atoms with van der Waals surface area (Å²) < 4.78 is 7.29. The van der Waals surface area contributed by atoms with Crippen molar-refractivity contribution in [2.75, 3.05) is 20.8 Å². The van der Waals surface area contributed by atoms with Crippen molar-refractivity contribution in [1.82, 2.24) is 19.4 Å². The second-order valence-corrected chi connectivity index (χ2v) is 5.82. The average molecular weight is 302 g/mol. The number of aryl methyl sites for hydroxylation is 1. The topological polar surface area (TPSA) is 43.2 Å². The number of likely N-dealkylation sites (N-methyl/N-ethyl adjacent to an activating group) is 1. The Balaban J connectivity index is 1.93. The van der Waals surface area contributed by atoms with Crippen LogP contribution in [0.15, 0.2) is 30.7 Å². The Labute approximate surface area is 133 Å². The summed E-state index contributed by atoms with van der Waals surface area (Å²) in [5, 5.41) is 0. The molecule has 0 amide bonds. The second-order valence-electron chi connectivity index (χ2n) is 5.82. The minimum Gasteiger partial charge on any atom is -0.383 e. The van der Waals surface area contributed by atoms with Crippen LogP contribution in [0.2, 0.25) is 0 Å². The van der Waals surface area contributed by atoms with E-state index < -0.39 is 0 Å². The van der Waals surface area contributed by atoms with Crippen LogP contribution in [0, 0.1) is 6.92 Å². The van der Waals surface area contributed by atoms with Gasteiger partial charge in [0.25, 0.3) is 0 Å². The zero-order valence-electron chi connectivity index (χ0n) is 14.0. The summed E-state index contributed by atoms with van der Waals surface area (Å²) in [6, 6.07) is 4.59. The first-order valence-corrected chi connectivity index (χ1v) is 7.71. The van der Waals surface area contributed by atoms with E-state index in [-0.39, 0.29) is 0 Å². The molecule has 5 nitrogen and oxygen atoms in total. The summed E-state index contributed by atoms with van der Waals surface area (Å²) in [4.78, 5) is 11.2. The first kappa shape index (κ1) is 16.6. The van der Waals surface area contributed by atoms with E-state index in [2.05, 4.69) is 46.4 Å². The number of hydrogen-bond acceptors (Lipinski definition) is 4. The van der Waals surface area contributed by atoms with E-state index in [0.717, 1.165) is 31.0 Å². The minimum atomic E-state index is 0.405. The highest BCUT2D eigenvalue weighted by molar-refractivity contribution is 5.15. The van der Waals surface area contributed by atoms with E-state index in [1.807, 2.05) is 24.7 Å². The molecule has 0 aliphatic heterocycles. The summed E-state index contributed by atoms with van der Waals surface area (Å²) >= 11 is 0. The highest BCUT2D eigenvalue weighted by atomic mass is 16.5. The van der Waals surface area contributed by atoms with Crippen LogP contribution in [-0.4, -0.2) is 46.2 Å². The Morgan fingerprint density at radius 2 is 2.14 bits per heavy atom. The van der Waals surface area contributed by atoms with E-state index in [1.54, 1.807) is 7.11 Å². The Kier molecular flexibility index (Phi) is 6.10. The van der Waals surface area contributed by atoms with Crippen LogP contribution in [0.4, 0.5) is 0 Å². The highest BCUT2D eigenvalue weighted by Gasteiger charge is 2.14. The van der Waals surface area contributed by atoms with Crippen LogP contribution in [0.25, 0.3) is 0 Å². The zero-order chi connectivity index (χ0) is 15.9. The van der Waals surface area contributed by atoms with E-state index in [4.69, 9.17) is 4.74 Å². The van der Waals surface area contributed by atoms with Crippen LogP contribution >= 0.6 is 0 Å². The lowest BCUT2D eigenvalue weighted by atomic mass is 10.1. The van der Waals surface area contributed by atoms with Crippen molar-refractivity contribution in [2.45, 2.75) is 39.4 Å². The Bertz CT molecular complexity index is 582. The number of pyridine rings is 1. The molecular weight excluding hydrogens is 276 g/mol. The van der Waals surface area contributed by atoms with E-state index in [9.17, 15) is 0 Å². The molecular formula is C17H26N4O. The summed E-state index contributed by atoms with van der Waals surface area (Å²) in [5.74, 6) is 1.07. The number of aromatic nitrogens is 3. The molecule has 1 unspecified atom stereocenters. The minimum absolute atomic E-state index is 0.405. The van der Waals surface area contributed by atoms with Crippen molar-refractivity contribution in [3.05, 3.63) is 47.8 Å². The SMILES string of the molecule is COCCn1ccnc1CN(C)C(C)Cc1cc(C)ccn1. The normalized spacial score (nSPS) is 12.8. The van der Waals surface area contributed by atoms with Gasteiger partial charge in [-0.25, -0.2) is 4.98 Å². The zero-order valence-corrected chi connectivity index (χ0v) is 14.0. The lowest BCUT2D eigenvalue weighted by Gasteiger charge is -2.24. The van der Waals surface area contributed by atoms with Gasteiger partial charge in [0.15, 0.2) is 0 Å². The molecule has 2 rings (SSSR count). The largest absolute Gasteiger partial charge is 0.383 e. The van der Waals surface area contributed by atoms with Crippen LogP contribution < -0.4 is 0 Å². The van der Waals surface area contributed by atoms with Gasteiger partial charge in [0, 0.05) is 50.4 Å². The third-order valence-electron chi connectivity index (χ3n) is 3.96. The van der Waals surface area contributed by atoms with Crippen molar-refractivity contribution in [1.29, 1.82) is 0 Å². The predicted molar refractivity (Wildman–Crippen MR) is 87.7 cm³/mol. The highest BCUT2D eigenvalue weighted by Crippen LogP contribution is 2.10. The van der Waals surface area contributed by atoms with Crippen molar-refractivity contribution >= 4 is 0 Å². The Morgan fingerprint density at radius 3 is 2.86 bits per heavy atom. The lowest BCUT2D eigenvalue weighted by Crippen LogP contribution is -2.32. The van der Waals surface area contributed by atoms with Gasteiger partial charge < -0.3 is 9.30 Å². The van der Waals surface area contributed by atoms with Gasteiger partial charge in [-0.05, 0) is 38.6 Å². The molecule has 2 aromatic heterocycles. The number of imidazole rings is 1. The van der Waals surface area contributed by atoms with Crippen molar-refractivity contribution in [3.63, 3.8) is 0 Å². The molecule has 22 heavy (non-hydrogen) atoms. The molecule has 0 spiro atoms. The van der Waals surface area contributed by atoms with Crippen molar-refractivity contribution in [2.24, 2.45) is 0 Å². The molecule has 0 radical (unpaired) electrons. The number of methoxy groups -OCH3 is 1. The number of rotatable bonds is 8. The lowest BCUT2D eigenvalue weighted by molar-refractivity contribution is 0.182. The fourth-order valence-corrected chi connectivity index (χ4v) is 2.43. The van der Waals surface area contributed by atoms with Crippen molar-refractivity contribution in [3.8, 4) is 0 Å². The fourth-order valence-electron chi connectivity index (χ4n) is 2.43. The molecule has 0 aliphatic carbocycles. The van der Waals surface area contributed by atoms with Gasteiger partial charge >= 0.3 is 0 Å².